The molecule has 2 aromatic heterocycles. The van der Waals surface area contributed by atoms with Crippen LogP contribution < -0.4 is 11.1 Å². The Morgan fingerprint density at radius 2 is 2.14 bits per heavy atom. The molecule has 0 atom stereocenters. The average molecular weight is 346 g/mol. The highest BCUT2D eigenvalue weighted by Gasteiger charge is 2.10. The first-order valence-electron chi connectivity index (χ1n) is 6.26. The van der Waals surface area contributed by atoms with Gasteiger partial charge in [-0.25, -0.2) is 0 Å². The molecule has 2 heterocycles. The zero-order valence-corrected chi connectivity index (χ0v) is 12.5. The van der Waals surface area contributed by atoms with E-state index in [1.54, 1.807) is 18.2 Å². The van der Waals surface area contributed by atoms with Gasteiger partial charge < -0.3 is 11.1 Å². The van der Waals surface area contributed by atoms with Gasteiger partial charge in [-0.15, -0.1) is 10.2 Å². The molecule has 3 aromatic rings. The summed E-state index contributed by atoms with van der Waals surface area (Å²) >= 11 is 3.32. The van der Waals surface area contributed by atoms with E-state index in [0.717, 1.165) is 10.1 Å². The van der Waals surface area contributed by atoms with E-state index in [2.05, 4.69) is 31.4 Å². The van der Waals surface area contributed by atoms with Crippen molar-refractivity contribution in [3.05, 3.63) is 58.5 Å². The largest absolute Gasteiger partial charge is 0.399 e. The van der Waals surface area contributed by atoms with E-state index in [1.165, 1.54) is 0 Å². The summed E-state index contributed by atoms with van der Waals surface area (Å²) in [4.78, 5) is 12.1. The summed E-state index contributed by atoms with van der Waals surface area (Å²) in [5.74, 6) is 0.456. The first-order valence-corrected chi connectivity index (χ1v) is 7.06. The molecular formula is C14H12BrN5O. The van der Waals surface area contributed by atoms with Crippen LogP contribution in [-0.4, -0.2) is 20.5 Å². The fourth-order valence-electron chi connectivity index (χ4n) is 2.02. The van der Waals surface area contributed by atoms with E-state index in [-0.39, 0.29) is 12.5 Å². The van der Waals surface area contributed by atoms with Gasteiger partial charge in [0.15, 0.2) is 11.5 Å². The van der Waals surface area contributed by atoms with Crippen LogP contribution in [0.3, 0.4) is 0 Å². The number of aromatic nitrogens is 3. The van der Waals surface area contributed by atoms with Crippen LogP contribution in [0.4, 0.5) is 5.69 Å². The van der Waals surface area contributed by atoms with Gasteiger partial charge in [0.1, 0.15) is 0 Å². The highest BCUT2D eigenvalue weighted by atomic mass is 79.9. The van der Waals surface area contributed by atoms with Gasteiger partial charge in [0.05, 0.1) is 6.54 Å². The second-order valence-electron chi connectivity index (χ2n) is 4.50. The highest BCUT2D eigenvalue weighted by molar-refractivity contribution is 9.10. The maximum atomic E-state index is 12.1. The van der Waals surface area contributed by atoms with Gasteiger partial charge in [0.25, 0.3) is 5.91 Å². The molecule has 0 aliphatic carbocycles. The van der Waals surface area contributed by atoms with E-state index < -0.39 is 0 Å². The molecule has 1 amide bonds. The summed E-state index contributed by atoms with van der Waals surface area (Å²) in [5.41, 5.74) is 7.50. The summed E-state index contributed by atoms with van der Waals surface area (Å²) in [5, 5.41) is 10.9. The predicted octanol–water partition coefficient (Wildman–Crippen LogP) is 2.00. The number of rotatable bonds is 3. The summed E-state index contributed by atoms with van der Waals surface area (Å²) in [6.45, 7) is 0.288. The summed E-state index contributed by atoms with van der Waals surface area (Å²) < 4.78 is 2.59. The van der Waals surface area contributed by atoms with Crippen LogP contribution in [0.25, 0.3) is 5.65 Å². The number of anilines is 1. The Morgan fingerprint density at radius 1 is 1.29 bits per heavy atom. The van der Waals surface area contributed by atoms with Crippen LogP contribution in [0.15, 0.2) is 47.1 Å². The maximum Gasteiger partial charge on any atom is 0.251 e. The monoisotopic (exact) mass is 345 g/mol. The van der Waals surface area contributed by atoms with Crippen LogP contribution >= 0.6 is 15.9 Å². The smallest absolute Gasteiger partial charge is 0.251 e. The Kier molecular flexibility index (Phi) is 3.57. The number of fused-ring (bicyclic) bond motifs is 1. The van der Waals surface area contributed by atoms with Crippen LogP contribution in [0.1, 0.15) is 16.2 Å². The van der Waals surface area contributed by atoms with E-state index in [4.69, 9.17) is 5.73 Å². The van der Waals surface area contributed by atoms with Gasteiger partial charge in [-0.3, -0.25) is 9.20 Å². The number of nitrogens with zero attached hydrogens (tertiary/aromatic N) is 3. The topological polar surface area (TPSA) is 85.3 Å². The van der Waals surface area contributed by atoms with Gasteiger partial charge in [-0.05, 0) is 30.3 Å². The average Bonchev–Trinajstić information content (AvgIpc) is 2.87. The number of pyridine rings is 1. The van der Waals surface area contributed by atoms with Crippen molar-refractivity contribution in [1.82, 2.24) is 19.9 Å². The number of amides is 1. The van der Waals surface area contributed by atoms with Gasteiger partial charge in [-0.1, -0.05) is 22.0 Å². The predicted molar refractivity (Wildman–Crippen MR) is 82.7 cm³/mol. The molecule has 7 heteroatoms. The van der Waals surface area contributed by atoms with Crippen molar-refractivity contribution in [2.75, 3.05) is 5.73 Å². The third kappa shape index (κ3) is 2.87. The molecule has 0 spiro atoms. The minimum absolute atomic E-state index is 0.212. The molecule has 21 heavy (non-hydrogen) atoms. The maximum absolute atomic E-state index is 12.1. The van der Waals surface area contributed by atoms with E-state index in [9.17, 15) is 4.79 Å². The number of nitrogens with two attached hydrogens (primary N) is 1. The molecule has 0 saturated carbocycles. The normalized spacial score (nSPS) is 10.7. The lowest BCUT2D eigenvalue weighted by Crippen LogP contribution is -2.24. The zero-order chi connectivity index (χ0) is 14.8. The number of carbonyl (C=O) groups is 1. The summed E-state index contributed by atoms with van der Waals surface area (Å²) in [6, 6.07) is 10.7. The molecule has 0 aliphatic rings. The first kappa shape index (κ1) is 13.6. The lowest BCUT2D eigenvalue weighted by Gasteiger charge is -2.06. The second-order valence-corrected chi connectivity index (χ2v) is 5.42. The molecule has 3 rings (SSSR count). The van der Waals surface area contributed by atoms with Crippen molar-refractivity contribution in [3.63, 3.8) is 0 Å². The molecule has 1 aromatic carbocycles. The van der Waals surface area contributed by atoms with Crippen LogP contribution in [-0.2, 0) is 6.54 Å². The lowest BCUT2D eigenvalue weighted by molar-refractivity contribution is 0.0949. The minimum atomic E-state index is -0.212. The van der Waals surface area contributed by atoms with Crippen molar-refractivity contribution < 1.29 is 4.79 Å². The van der Waals surface area contributed by atoms with Gasteiger partial charge in [0, 0.05) is 21.9 Å². The van der Waals surface area contributed by atoms with Crippen molar-refractivity contribution in [2.24, 2.45) is 0 Å². The van der Waals surface area contributed by atoms with Crippen molar-refractivity contribution >= 4 is 33.2 Å². The van der Waals surface area contributed by atoms with Gasteiger partial charge >= 0.3 is 0 Å². The third-order valence-corrected chi connectivity index (χ3v) is 3.43. The standard InChI is InChI=1S/C14H12BrN5O/c15-10-5-9(6-11(16)7-10)14(21)17-8-13-19-18-12-3-1-2-4-20(12)13/h1-7H,8,16H2,(H,17,21). The number of benzene rings is 1. The first-order chi connectivity index (χ1) is 10.1. The van der Waals surface area contributed by atoms with Crippen molar-refractivity contribution in [1.29, 1.82) is 0 Å². The quantitative estimate of drug-likeness (QED) is 0.711. The van der Waals surface area contributed by atoms with Crippen molar-refractivity contribution in [2.45, 2.75) is 6.54 Å². The number of nitrogens with one attached hydrogen (secondary N) is 1. The molecule has 0 aliphatic heterocycles. The molecule has 0 fully saturated rings. The Hall–Kier alpha value is -2.41. The van der Waals surface area contributed by atoms with E-state index >= 15 is 0 Å². The summed E-state index contributed by atoms with van der Waals surface area (Å²) in [6.07, 6.45) is 1.86. The Labute approximate surface area is 129 Å². The third-order valence-electron chi connectivity index (χ3n) is 2.97. The molecule has 0 radical (unpaired) electrons. The highest BCUT2D eigenvalue weighted by Crippen LogP contribution is 2.17. The number of carbonyl (C=O) groups excluding carboxylic acids is 1. The van der Waals surface area contributed by atoms with Crippen molar-refractivity contribution in [3.8, 4) is 0 Å². The second kappa shape index (κ2) is 5.53. The Balaban J connectivity index is 1.76. The lowest BCUT2D eigenvalue weighted by atomic mass is 10.2. The van der Waals surface area contributed by atoms with Gasteiger partial charge in [-0.2, -0.15) is 0 Å². The van der Waals surface area contributed by atoms with Crippen LogP contribution in [0.2, 0.25) is 0 Å². The molecule has 0 unspecified atom stereocenters. The van der Waals surface area contributed by atoms with E-state index in [1.807, 2.05) is 28.8 Å². The molecule has 0 bridgehead atoms. The van der Waals surface area contributed by atoms with E-state index in [0.29, 0.717) is 17.1 Å². The number of nitrogen functional groups attached to an aromatic ring is 1. The number of halogens is 1. The van der Waals surface area contributed by atoms with Gasteiger partial charge in [0.2, 0.25) is 0 Å². The Bertz CT molecular complexity index is 794. The zero-order valence-electron chi connectivity index (χ0n) is 11.0. The summed E-state index contributed by atoms with van der Waals surface area (Å²) in [7, 11) is 0. The minimum Gasteiger partial charge on any atom is -0.399 e. The SMILES string of the molecule is Nc1cc(Br)cc(C(=O)NCc2nnc3ccccn23)c1. The van der Waals surface area contributed by atoms with Crippen LogP contribution in [0, 0.1) is 0 Å². The van der Waals surface area contributed by atoms with Crippen LogP contribution in [0.5, 0.6) is 0 Å². The molecule has 0 saturated heterocycles. The molecule has 3 N–H and O–H groups in total. The molecule has 106 valence electrons. The fraction of sp³-hybridized carbons (Fsp3) is 0.0714. The number of hydrogen-bond donors (Lipinski definition) is 2. The number of hydrogen-bond acceptors (Lipinski definition) is 4. The molecule has 6 nitrogen and oxygen atoms in total. The Morgan fingerprint density at radius 3 is 2.95 bits per heavy atom. The molecular weight excluding hydrogens is 334 g/mol. The fourth-order valence-corrected chi connectivity index (χ4v) is 2.53.